The molecule has 2 amide bonds. The molecule has 70 valence electrons. The van der Waals surface area contributed by atoms with Crippen molar-refractivity contribution in [1.29, 1.82) is 0 Å². The van der Waals surface area contributed by atoms with E-state index in [-0.39, 0.29) is 5.96 Å². The van der Waals surface area contributed by atoms with Crippen LogP contribution in [0.4, 0.5) is 10.7 Å². The summed E-state index contributed by atoms with van der Waals surface area (Å²) in [5, 5.41) is 4.70. The summed E-state index contributed by atoms with van der Waals surface area (Å²) in [6.45, 7) is 0. The monoisotopic (exact) mass is 182 g/mol. The lowest BCUT2D eigenvalue weighted by molar-refractivity contribution is 0.255. The van der Waals surface area contributed by atoms with Crippen molar-refractivity contribution in [2.24, 2.45) is 10.7 Å². The molecule has 0 aliphatic heterocycles. The lowest BCUT2D eigenvalue weighted by Gasteiger charge is -2.02. The highest BCUT2D eigenvalue weighted by molar-refractivity contribution is 6.01. The maximum absolute atomic E-state index is 11.0. The second-order valence-corrected chi connectivity index (χ2v) is 2.17. The molecule has 13 heavy (non-hydrogen) atoms. The summed E-state index contributed by atoms with van der Waals surface area (Å²) in [7, 11) is 1.47. The summed E-state index contributed by atoms with van der Waals surface area (Å²) in [5.41, 5.74) is 5.25. The number of hydrogen-bond donors (Lipinski definition) is 3. The van der Waals surface area contributed by atoms with Gasteiger partial charge in [-0.3, -0.25) is 15.6 Å². The maximum Gasteiger partial charge on any atom is 0.328 e. The van der Waals surface area contributed by atoms with Gasteiger partial charge in [0.2, 0.25) is 5.88 Å². The number of guanidine groups is 1. The van der Waals surface area contributed by atoms with Crippen molar-refractivity contribution in [1.82, 2.24) is 5.32 Å². The maximum atomic E-state index is 11.0. The molecule has 0 bridgehead atoms. The van der Waals surface area contributed by atoms with Crippen LogP contribution in [0, 0.1) is 0 Å². The number of hydrogen-bond acceptors (Lipinski definition) is 3. The standard InChI is InChI=1S/C7H10N4O2/c1-9-6(8)11-7(12)10-5-3-2-4-13-5/h2-4H,1H3,(H4,8,9,10,11,12). The van der Waals surface area contributed by atoms with Crippen LogP contribution in [0.2, 0.25) is 0 Å². The van der Waals surface area contributed by atoms with Gasteiger partial charge >= 0.3 is 6.03 Å². The molecule has 0 saturated carbocycles. The van der Waals surface area contributed by atoms with Crippen LogP contribution in [0.1, 0.15) is 0 Å². The van der Waals surface area contributed by atoms with Crippen molar-refractivity contribution in [3.05, 3.63) is 18.4 Å². The molecule has 0 aliphatic carbocycles. The van der Waals surface area contributed by atoms with E-state index in [1.165, 1.54) is 13.3 Å². The summed E-state index contributed by atoms with van der Waals surface area (Å²) in [6.07, 6.45) is 1.45. The summed E-state index contributed by atoms with van der Waals surface area (Å²) < 4.78 is 4.87. The van der Waals surface area contributed by atoms with Crippen LogP contribution in [0.3, 0.4) is 0 Å². The van der Waals surface area contributed by atoms with Crippen LogP contribution in [0.5, 0.6) is 0 Å². The number of rotatable bonds is 1. The molecule has 0 spiro atoms. The van der Waals surface area contributed by atoms with Gasteiger partial charge in [0, 0.05) is 13.1 Å². The van der Waals surface area contributed by atoms with Gasteiger partial charge in [-0.2, -0.15) is 0 Å². The van der Waals surface area contributed by atoms with Crippen molar-refractivity contribution in [2.45, 2.75) is 0 Å². The summed E-state index contributed by atoms with van der Waals surface area (Å²) in [5.74, 6) is 0.394. The fourth-order valence-corrected chi connectivity index (χ4v) is 0.665. The van der Waals surface area contributed by atoms with E-state index in [1.807, 2.05) is 0 Å². The highest BCUT2D eigenvalue weighted by atomic mass is 16.3. The Morgan fingerprint density at radius 1 is 1.69 bits per heavy atom. The zero-order valence-corrected chi connectivity index (χ0v) is 7.07. The van der Waals surface area contributed by atoms with Crippen LogP contribution in [-0.4, -0.2) is 19.0 Å². The number of nitrogens with two attached hydrogens (primary N) is 1. The number of carbonyl (C=O) groups is 1. The SMILES string of the molecule is CN=C(N)NC(=O)Nc1ccco1. The van der Waals surface area contributed by atoms with E-state index in [4.69, 9.17) is 10.2 Å². The molecule has 0 atom stereocenters. The zero-order chi connectivity index (χ0) is 9.68. The average Bonchev–Trinajstić information content (AvgIpc) is 2.56. The summed E-state index contributed by atoms with van der Waals surface area (Å²) >= 11 is 0. The third-order valence-electron chi connectivity index (χ3n) is 1.24. The fraction of sp³-hybridized carbons (Fsp3) is 0.143. The first kappa shape index (κ1) is 9.11. The first-order valence-electron chi connectivity index (χ1n) is 3.56. The summed E-state index contributed by atoms with van der Waals surface area (Å²) in [6, 6.07) is 2.78. The lowest BCUT2D eigenvalue weighted by Crippen LogP contribution is -2.39. The Morgan fingerprint density at radius 2 is 2.46 bits per heavy atom. The van der Waals surface area contributed by atoms with Gasteiger partial charge in [-0.05, 0) is 6.07 Å². The smallest absolute Gasteiger partial charge is 0.328 e. The number of furan rings is 1. The highest BCUT2D eigenvalue weighted by Gasteiger charge is 2.03. The molecule has 1 rings (SSSR count). The molecule has 6 heteroatoms. The van der Waals surface area contributed by atoms with Gasteiger partial charge < -0.3 is 10.2 Å². The van der Waals surface area contributed by atoms with Crippen LogP contribution in [0.25, 0.3) is 0 Å². The molecule has 4 N–H and O–H groups in total. The lowest BCUT2D eigenvalue weighted by atomic mass is 10.6. The van der Waals surface area contributed by atoms with E-state index < -0.39 is 6.03 Å². The molecule has 1 aromatic heterocycles. The third kappa shape index (κ3) is 2.86. The predicted octanol–water partition coefficient (Wildman–Crippen LogP) is 0.346. The van der Waals surface area contributed by atoms with E-state index in [9.17, 15) is 4.79 Å². The Morgan fingerprint density at radius 3 is 3.00 bits per heavy atom. The third-order valence-corrected chi connectivity index (χ3v) is 1.24. The molecule has 1 heterocycles. The van der Waals surface area contributed by atoms with E-state index in [0.717, 1.165) is 0 Å². The molecular formula is C7H10N4O2. The molecule has 6 nitrogen and oxygen atoms in total. The highest BCUT2D eigenvalue weighted by Crippen LogP contribution is 2.05. The van der Waals surface area contributed by atoms with E-state index in [2.05, 4.69) is 15.6 Å². The first-order chi connectivity index (χ1) is 6.22. The molecule has 0 aliphatic rings. The quantitative estimate of drug-likeness (QED) is 0.432. The average molecular weight is 182 g/mol. The molecular weight excluding hydrogens is 172 g/mol. The number of amides is 2. The molecule has 1 aromatic rings. The van der Waals surface area contributed by atoms with Crippen LogP contribution >= 0.6 is 0 Å². The minimum atomic E-state index is -0.488. The zero-order valence-electron chi connectivity index (χ0n) is 7.07. The van der Waals surface area contributed by atoms with E-state index in [0.29, 0.717) is 5.88 Å². The number of nitrogens with one attached hydrogen (secondary N) is 2. The van der Waals surface area contributed by atoms with Crippen molar-refractivity contribution >= 4 is 17.9 Å². The molecule has 0 fully saturated rings. The number of urea groups is 1. The Kier molecular flexibility index (Phi) is 2.91. The Balaban J connectivity index is 2.43. The van der Waals surface area contributed by atoms with Crippen LogP contribution in [-0.2, 0) is 0 Å². The van der Waals surface area contributed by atoms with E-state index in [1.54, 1.807) is 12.1 Å². The number of nitrogens with zero attached hydrogens (tertiary/aromatic N) is 1. The largest absolute Gasteiger partial charge is 0.449 e. The summed E-state index contributed by atoms with van der Waals surface area (Å²) in [4.78, 5) is 14.6. The molecule has 0 unspecified atom stereocenters. The van der Waals surface area contributed by atoms with Crippen LogP contribution < -0.4 is 16.4 Å². The number of aliphatic imine (C=N–C) groups is 1. The minimum absolute atomic E-state index is 0.0454. The second-order valence-electron chi connectivity index (χ2n) is 2.17. The normalized spacial score (nSPS) is 11.0. The van der Waals surface area contributed by atoms with Gasteiger partial charge in [0.15, 0.2) is 5.96 Å². The number of carbonyl (C=O) groups excluding carboxylic acids is 1. The second kappa shape index (κ2) is 4.15. The van der Waals surface area contributed by atoms with Crippen molar-refractivity contribution in [3.63, 3.8) is 0 Å². The Bertz CT molecular complexity index is 304. The van der Waals surface area contributed by atoms with Gasteiger partial charge in [0.25, 0.3) is 0 Å². The van der Waals surface area contributed by atoms with Crippen molar-refractivity contribution < 1.29 is 9.21 Å². The number of anilines is 1. The molecule has 0 saturated heterocycles. The van der Waals surface area contributed by atoms with Gasteiger partial charge in [0.1, 0.15) is 0 Å². The topological polar surface area (TPSA) is 92.6 Å². The van der Waals surface area contributed by atoms with Gasteiger partial charge in [0.05, 0.1) is 6.26 Å². The van der Waals surface area contributed by atoms with Gasteiger partial charge in [-0.25, -0.2) is 4.79 Å². The van der Waals surface area contributed by atoms with Crippen molar-refractivity contribution in [2.75, 3.05) is 12.4 Å². The van der Waals surface area contributed by atoms with Crippen LogP contribution in [0.15, 0.2) is 27.8 Å². The molecule has 0 radical (unpaired) electrons. The fourth-order valence-electron chi connectivity index (χ4n) is 0.665. The Labute approximate surface area is 74.8 Å². The predicted molar refractivity (Wildman–Crippen MR) is 48.4 cm³/mol. The van der Waals surface area contributed by atoms with Gasteiger partial charge in [-0.15, -0.1) is 0 Å². The first-order valence-corrected chi connectivity index (χ1v) is 3.56. The van der Waals surface area contributed by atoms with E-state index >= 15 is 0 Å². The minimum Gasteiger partial charge on any atom is -0.449 e. The van der Waals surface area contributed by atoms with Gasteiger partial charge in [-0.1, -0.05) is 0 Å². The molecule has 0 aromatic carbocycles. The van der Waals surface area contributed by atoms with Crippen molar-refractivity contribution in [3.8, 4) is 0 Å². The Hall–Kier alpha value is -1.98.